The van der Waals surface area contributed by atoms with Crippen LogP contribution in [0, 0.1) is 6.92 Å². The van der Waals surface area contributed by atoms with Gasteiger partial charge in [-0.1, -0.05) is 23.5 Å². The number of amides is 1. The van der Waals surface area contributed by atoms with Crippen LogP contribution in [-0.2, 0) is 21.2 Å². The zero-order valence-corrected chi connectivity index (χ0v) is 21.2. The molecule has 0 spiro atoms. The fourth-order valence-electron chi connectivity index (χ4n) is 3.55. The molecule has 35 heavy (non-hydrogen) atoms. The van der Waals surface area contributed by atoms with Crippen molar-refractivity contribution in [1.29, 1.82) is 0 Å². The third-order valence-electron chi connectivity index (χ3n) is 5.49. The van der Waals surface area contributed by atoms with Gasteiger partial charge < -0.3 is 9.47 Å². The van der Waals surface area contributed by atoms with Gasteiger partial charge in [0.2, 0.25) is 5.91 Å². The summed E-state index contributed by atoms with van der Waals surface area (Å²) in [6.07, 6.45) is 1.45. The van der Waals surface area contributed by atoms with Gasteiger partial charge in [0, 0.05) is 12.6 Å². The Labute approximate surface area is 208 Å². The van der Waals surface area contributed by atoms with Crippen LogP contribution in [0.3, 0.4) is 0 Å². The van der Waals surface area contributed by atoms with Crippen molar-refractivity contribution in [3.63, 3.8) is 0 Å². The third kappa shape index (κ3) is 5.44. The lowest BCUT2D eigenvalue weighted by Crippen LogP contribution is -2.32. The van der Waals surface area contributed by atoms with E-state index in [0.717, 1.165) is 10.3 Å². The van der Waals surface area contributed by atoms with Crippen molar-refractivity contribution in [3.8, 4) is 11.5 Å². The fourth-order valence-corrected chi connectivity index (χ4v) is 5.85. The maximum absolute atomic E-state index is 13.4. The predicted molar refractivity (Wildman–Crippen MR) is 136 cm³/mol. The number of anilines is 1. The lowest BCUT2D eigenvalue weighted by molar-refractivity contribution is -0.118. The van der Waals surface area contributed by atoms with Gasteiger partial charge in [0.15, 0.2) is 15.0 Å². The van der Waals surface area contributed by atoms with Crippen molar-refractivity contribution in [2.75, 3.05) is 24.9 Å². The van der Waals surface area contributed by atoms with E-state index in [0.29, 0.717) is 27.8 Å². The molecule has 0 saturated heterocycles. The maximum atomic E-state index is 13.4. The van der Waals surface area contributed by atoms with Crippen LogP contribution in [0.2, 0.25) is 0 Å². The van der Waals surface area contributed by atoms with Crippen molar-refractivity contribution in [2.45, 2.75) is 24.8 Å². The van der Waals surface area contributed by atoms with Crippen molar-refractivity contribution in [3.05, 3.63) is 72.1 Å². The van der Waals surface area contributed by atoms with Crippen LogP contribution in [0.1, 0.15) is 17.7 Å². The number of rotatable bonds is 9. The minimum Gasteiger partial charge on any atom is -0.497 e. The van der Waals surface area contributed by atoms with E-state index in [-0.39, 0.29) is 29.5 Å². The summed E-state index contributed by atoms with van der Waals surface area (Å²) in [5, 5.41) is 0.463. The minimum atomic E-state index is -3.67. The highest BCUT2D eigenvalue weighted by molar-refractivity contribution is 7.91. The van der Waals surface area contributed by atoms with Crippen LogP contribution in [0.4, 0.5) is 5.13 Å². The number of hydrogen-bond acceptors (Lipinski definition) is 8. The van der Waals surface area contributed by atoms with Gasteiger partial charge in [-0.05, 0) is 55.0 Å². The van der Waals surface area contributed by atoms with Gasteiger partial charge in [-0.2, -0.15) is 0 Å². The number of carbonyl (C=O) groups is 1. The average Bonchev–Trinajstić information content (AvgIpc) is 3.33. The monoisotopic (exact) mass is 511 g/mol. The molecule has 0 saturated carbocycles. The van der Waals surface area contributed by atoms with Crippen LogP contribution >= 0.6 is 11.3 Å². The first kappa shape index (κ1) is 24.6. The molecule has 0 N–H and O–H groups in total. The SMILES string of the molecule is COc1ccc(S(=O)(=O)CCC(=O)N(Cc2ccccn2)c2nc3c(OC)ccc(C)c3s2)cc1. The highest BCUT2D eigenvalue weighted by atomic mass is 32.2. The predicted octanol–water partition coefficient (Wildman–Crippen LogP) is 4.41. The Balaban J connectivity index is 1.63. The van der Waals surface area contributed by atoms with E-state index in [4.69, 9.17) is 14.5 Å². The minimum absolute atomic E-state index is 0.141. The molecule has 0 aliphatic carbocycles. The molecular weight excluding hydrogens is 486 g/mol. The van der Waals surface area contributed by atoms with Gasteiger partial charge in [-0.25, -0.2) is 13.4 Å². The first-order valence-electron chi connectivity index (χ1n) is 10.8. The first-order valence-corrected chi connectivity index (χ1v) is 13.3. The number of pyridine rings is 1. The van der Waals surface area contributed by atoms with Crippen molar-refractivity contribution in [1.82, 2.24) is 9.97 Å². The Morgan fingerprint density at radius 2 is 1.80 bits per heavy atom. The molecule has 0 radical (unpaired) electrons. The number of fused-ring (bicyclic) bond motifs is 1. The third-order valence-corrected chi connectivity index (χ3v) is 8.44. The molecular formula is C25H25N3O5S2. The van der Waals surface area contributed by atoms with E-state index in [9.17, 15) is 13.2 Å². The normalized spacial score (nSPS) is 11.4. The van der Waals surface area contributed by atoms with Crippen molar-refractivity contribution < 1.29 is 22.7 Å². The van der Waals surface area contributed by atoms with Crippen LogP contribution in [-0.4, -0.2) is 44.3 Å². The van der Waals surface area contributed by atoms with Gasteiger partial charge in [0.05, 0.1) is 41.8 Å². The molecule has 10 heteroatoms. The number of nitrogens with zero attached hydrogens (tertiary/aromatic N) is 3. The lowest BCUT2D eigenvalue weighted by atomic mass is 10.2. The largest absolute Gasteiger partial charge is 0.497 e. The molecule has 2 aromatic heterocycles. The molecule has 8 nitrogen and oxygen atoms in total. The summed E-state index contributed by atoms with van der Waals surface area (Å²) in [6.45, 7) is 2.14. The number of aryl methyl sites for hydroxylation is 1. The number of ether oxygens (including phenoxy) is 2. The quantitative estimate of drug-likeness (QED) is 0.328. The topological polar surface area (TPSA) is 98.7 Å². The highest BCUT2D eigenvalue weighted by Gasteiger charge is 2.25. The van der Waals surface area contributed by atoms with Crippen LogP contribution in [0.15, 0.2) is 65.7 Å². The van der Waals surface area contributed by atoms with Gasteiger partial charge in [-0.3, -0.25) is 14.7 Å². The second kappa shape index (κ2) is 10.4. The molecule has 2 heterocycles. The van der Waals surface area contributed by atoms with Crippen LogP contribution in [0.25, 0.3) is 10.2 Å². The molecule has 0 bridgehead atoms. The van der Waals surface area contributed by atoms with E-state index < -0.39 is 9.84 Å². The van der Waals surface area contributed by atoms with Gasteiger partial charge >= 0.3 is 0 Å². The summed E-state index contributed by atoms with van der Waals surface area (Å²) < 4.78 is 37.2. The summed E-state index contributed by atoms with van der Waals surface area (Å²) >= 11 is 1.37. The second-order valence-electron chi connectivity index (χ2n) is 7.80. The zero-order chi connectivity index (χ0) is 25.0. The number of aromatic nitrogens is 2. The van der Waals surface area contributed by atoms with Gasteiger partial charge in [0.1, 0.15) is 17.0 Å². The molecule has 0 aliphatic rings. The smallest absolute Gasteiger partial charge is 0.230 e. The average molecular weight is 512 g/mol. The Morgan fingerprint density at radius 3 is 2.46 bits per heavy atom. The Kier molecular flexibility index (Phi) is 7.32. The number of carbonyl (C=O) groups excluding carboxylic acids is 1. The van der Waals surface area contributed by atoms with E-state index >= 15 is 0 Å². The summed E-state index contributed by atoms with van der Waals surface area (Å²) in [6, 6.07) is 15.3. The molecule has 2 aromatic carbocycles. The van der Waals surface area contributed by atoms with Crippen LogP contribution < -0.4 is 14.4 Å². The number of sulfone groups is 1. The first-order chi connectivity index (χ1) is 16.8. The molecule has 0 atom stereocenters. The molecule has 4 aromatic rings. The fraction of sp³-hybridized carbons (Fsp3) is 0.240. The second-order valence-corrected chi connectivity index (χ2v) is 10.9. The molecule has 0 aliphatic heterocycles. The van der Waals surface area contributed by atoms with Gasteiger partial charge in [0.25, 0.3) is 0 Å². The number of benzene rings is 2. The van der Waals surface area contributed by atoms with E-state index in [1.165, 1.54) is 35.5 Å². The standard InChI is InChI=1S/C25H25N3O5S2/c1-17-7-12-21(33-3)23-24(17)34-25(27-23)28(16-18-6-4-5-14-26-18)22(29)13-15-35(30,31)20-10-8-19(32-2)9-11-20/h4-12,14H,13,15-16H2,1-3H3. The van der Waals surface area contributed by atoms with Crippen molar-refractivity contribution >= 4 is 42.4 Å². The number of methoxy groups -OCH3 is 2. The van der Waals surface area contributed by atoms with Gasteiger partial charge in [-0.15, -0.1) is 0 Å². The summed E-state index contributed by atoms with van der Waals surface area (Å²) in [5.41, 5.74) is 2.34. The molecule has 0 unspecified atom stereocenters. The summed E-state index contributed by atoms with van der Waals surface area (Å²) in [4.78, 5) is 24.1. The number of hydrogen-bond donors (Lipinski definition) is 0. The molecule has 182 valence electrons. The molecule has 4 rings (SSSR count). The Bertz CT molecular complexity index is 1440. The Morgan fingerprint density at radius 1 is 1.03 bits per heavy atom. The highest BCUT2D eigenvalue weighted by Crippen LogP contribution is 2.37. The molecule has 1 amide bonds. The summed E-state index contributed by atoms with van der Waals surface area (Å²) in [5.74, 6) is 0.483. The summed E-state index contributed by atoms with van der Waals surface area (Å²) in [7, 11) is -0.582. The van der Waals surface area contributed by atoms with Crippen molar-refractivity contribution in [2.24, 2.45) is 0 Å². The molecule has 0 fully saturated rings. The zero-order valence-electron chi connectivity index (χ0n) is 19.6. The number of thiazole rings is 1. The Hall–Kier alpha value is -3.50. The maximum Gasteiger partial charge on any atom is 0.230 e. The van der Waals surface area contributed by atoms with Crippen LogP contribution in [0.5, 0.6) is 11.5 Å². The van der Waals surface area contributed by atoms with E-state index in [1.54, 1.807) is 31.5 Å². The lowest BCUT2D eigenvalue weighted by Gasteiger charge is -2.19. The van der Waals surface area contributed by atoms with E-state index in [1.807, 2.05) is 31.2 Å². The van der Waals surface area contributed by atoms with E-state index in [2.05, 4.69) is 4.98 Å².